The Morgan fingerprint density at radius 1 is 0.826 bits per heavy atom. The number of amides is 1. The molecule has 1 unspecified atom stereocenters. The topological polar surface area (TPSA) is 32.3 Å². The molecule has 0 heterocycles. The van der Waals surface area contributed by atoms with Gasteiger partial charge in [-0.3, -0.25) is 9.69 Å². The van der Waals surface area contributed by atoms with E-state index in [2.05, 4.69) is 24.1 Å². The zero-order valence-corrected chi connectivity index (χ0v) is 16.8. The maximum absolute atomic E-state index is 11.8. The molecule has 0 fully saturated rings. The molecule has 0 rings (SSSR count). The maximum atomic E-state index is 11.8. The van der Waals surface area contributed by atoms with Gasteiger partial charge in [0.1, 0.15) is 0 Å². The van der Waals surface area contributed by atoms with Gasteiger partial charge in [0.25, 0.3) is 0 Å². The normalized spacial score (nSPS) is 12.0. The number of hydrogen-bond donors (Lipinski definition) is 1. The smallest absolute Gasteiger partial charge is 0.221 e. The van der Waals surface area contributed by atoms with E-state index in [1.54, 1.807) is 0 Å². The van der Waals surface area contributed by atoms with E-state index in [9.17, 15) is 4.79 Å². The van der Waals surface area contributed by atoms with E-state index in [1.165, 1.54) is 64.2 Å². The Kier molecular flexibility index (Phi) is 19.6. The van der Waals surface area contributed by atoms with Gasteiger partial charge in [-0.1, -0.05) is 78.1 Å². The van der Waals surface area contributed by atoms with E-state index < -0.39 is 0 Å². The fraction of sp³-hybridized carbons (Fsp3) is 0.947. The van der Waals surface area contributed by atoms with Gasteiger partial charge in [-0.25, -0.2) is 0 Å². The summed E-state index contributed by atoms with van der Waals surface area (Å²) >= 11 is 0. The zero-order valence-electron chi connectivity index (χ0n) is 16.0. The lowest BCUT2D eigenvalue weighted by Gasteiger charge is -2.23. The van der Waals surface area contributed by atoms with Crippen LogP contribution < -0.4 is 5.32 Å². The average molecular weight is 349 g/mol. The largest absolute Gasteiger partial charge is 0.341 e. The minimum atomic E-state index is 0. The van der Waals surface area contributed by atoms with Crippen LogP contribution in [0, 0.1) is 0 Å². The third kappa shape index (κ3) is 16.4. The van der Waals surface area contributed by atoms with Crippen molar-refractivity contribution < 1.29 is 4.79 Å². The predicted octanol–water partition coefficient (Wildman–Crippen LogP) is 5.52. The van der Waals surface area contributed by atoms with Crippen LogP contribution in [0.2, 0.25) is 0 Å². The number of nitrogens with one attached hydrogen (secondary N) is 1. The Hall–Kier alpha value is -0.280. The van der Waals surface area contributed by atoms with Gasteiger partial charge in [0, 0.05) is 6.42 Å². The van der Waals surface area contributed by atoms with Crippen molar-refractivity contribution >= 4 is 18.3 Å². The predicted molar refractivity (Wildman–Crippen MR) is 104 cm³/mol. The molecule has 0 aliphatic carbocycles. The highest BCUT2D eigenvalue weighted by molar-refractivity contribution is 5.85. The molecule has 0 aromatic carbocycles. The van der Waals surface area contributed by atoms with Gasteiger partial charge in [0.2, 0.25) is 5.91 Å². The molecule has 0 aliphatic rings. The minimum Gasteiger partial charge on any atom is -0.341 e. The highest BCUT2D eigenvalue weighted by Gasteiger charge is 2.11. The third-order valence-corrected chi connectivity index (χ3v) is 4.35. The number of hydrogen-bond acceptors (Lipinski definition) is 2. The molecular weight excluding hydrogens is 308 g/mol. The first-order valence-corrected chi connectivity index (χ1v) is 9.57. The fourth-order valence-corrected chi connectivity index (χ4v) is 2.80. The van der Waals surface area contributed by atoms with E-state index in [-0.39, 0.29) is 24.5 Å². The number of carbonyl (C=O) groups excluding carboxylic acids is 1. The van der Waals surface area contributed by atoms with Crippen LogP contribution in [0.4, 0.5) is 0 Å². The van der Waals surface area contributed by atoms with Gasteiger partial charge in [-0.15, -0.1) is 12.4 Å². The van der Waals surface area contributed by atoms with Crippen LogP contribution in [0.5, 0.6) is 0 Å². The summed E-state index contributed by atoms with van der Waals surface area (Å²) < 4.78 is 0. The van der Waals surface area contributed by atoms with Crippen molar-refractivity contribution in [1.82, 2.24) is 10.2 Å². The van der Waals surface area contributed by atoms with Gasteiger partial charge in [0.05, 0.1) is 6.17 Å². The number of unbranched alkanes of at least 4 members (excludes halogenated alkanes) is 10. The summed E-state index contributed by atoms with van der Waals surface area (Å²) in [5, 5.41) is 3.09. The first kappa shape index (κ1) is 25.0. The first-order valence-electron chi connectivity index (χ1n) is 9.57. The summed E-state index contributed by atoms with van der Waals surface area (Å²) in [5.41, 5.74) is 0. The molecule has 0 saturated heterocycles. The summed E-state index contributed by atoms with van der Waals surface area (Å²) in [6.07, 6.45) is 16.4. The zero-order chi connectivity index (χ0) is 16.6. The monoisotopic (exact) mass is 348 g/mol. The Balaban J connectivity index is 0. The molecule has 0 aromatic heterocycles. The second-order valence-electron chi connectivity index (χ2n) is 6.74. The van der Waals surface area contributed by atoms with Crippen molar-refractivity contribution in [3.8, 4) is 0 Å². The second-order valence-corrected chi connectivity index (χ2v) is 6.74. The van der Waals surface area contributed by atoms with Crippen LogP contribution in [0.15, 0.2) is 0 Å². The number of halogens is 1. The molecule has 1 atom stereocenters. The highest BCUT2D eigenvalue weighted by atomic mass is 35.5. The summed E-state index contributed by atoms with van der Waals surface area (Å²) in [5.74, 6) is 0.205. The fourth-order valence-electron chi connectivity index (χ4n) is 2.80. The van der Waals surface area contributed by atoms with Crippen molar-refractivity contribution in [3.05, 3.63) is 0 Å². The molecule has 1 N–H and O–H groups in total. The van der Waals surface area contributed by atoms with E-state index in [1.807, 2.05) is 14.1 Å². The summed E-state index contributed by atoms with van der Waals surface area (Å²) in [6.45, 7) is 4.37. The van der Waals surface area contributed by atoms with Crippen LogP contribution in [0.3, 0.4) is 0 Å². The summed E-state index contributed by atoms with van der Waals surface area (Å²) in [6, 6.07) is 0. The Bertz CT molecular complexity index is 260. The lowest BCUT2D eigenvalue weighted by atomic mass is 10.1. The lowest BCUT2D eigenvalue weighted by molar-refractivity contribution is -0.123. The maximum Gasteiger partial charge on any atom is 0.221 e. The molecule has 0 saturated carbocycles. The van der Waals surface area contributed by atoms with Crippen molar-refractivity contribution in [3.63, 3.8) is 0 Å². The van der Waals surface area contributed by atoms with Crippen molar-refractivity contribution in [1.29, 1.82) is 0 Å². The van der Waals surface area contributed by atoms with E-state index in [0.717, 1.165) is 12.8 Å². The molecule has 0 aromatic rings. The highest BCUT2D eigenvalue weighted by Crippen LogP contribution is 2.12. The molecule has 0 bridgehead atoms. The lowest BCUT2D eigenvalue weighted by Crippen LogP contribution is -2.44. The van der Waals surface area contributed by atoms with Crippen molar-refractivity contribution in [2.45, 2.75) is 103 Å². The van der Waals surface area contributed by atoms with E-state index >= 15 is 0 Å². The molecule has 4 heteroatoms. The average Bonchev–Trinajstić information content (AvgIpc) is 2.50. The first-order chi connectivity index (χ1) is 10.6. The number of carbonyl (C=O) groups is 1. The van der Waals surface area contributed by atoms with Crippen molar-refractivity contribution in [2.24, 2.45) is 0 Å². The van der Waals surface area contributed by atoms with E-state index in [4.69, 9.17) is 0 Å². The third-order valence-electron chi connectivity index (χ3n) is 4.35. The van der Waals surface area contributed by atoms with Gasteiger partial charge in [-0.05, 0) is 26.9 Å². The summed E-state index contributed by atoms with van der Waals surface area (Å²) in [7, 11) is 4.02. The van der Waals surface area contributed by atoms with Crippen LogP contribution in [-0.4, -0.2) is 31.1 Å². The number of nitrogens with zero attached hydrogens (tertiary/aromatic N) is 1. The Labute approximate surface area is 151 Å². The Morgan fingerprint density at radius 3 is 1.65 bits per heavy atom. The second kappa shape index (κ2) is 18.1. The van der Waals surface area contributed by atoms with Gasteiger partial charge in [-0.2, -0.15) is 0 Å². The molecule has 0 radical (unpaired) electrons. The Morgan fingerprint density at radius 2 is 1.26 bits per heavy atom. The molecule has 0 spiro atoms. The van der Waals surface area contributed by atoms with Crippen LogP contribution in [0.25, 0.3) is 0 Å². The molecule has 23 heavy (non-hydrogen) atoms. The quantitative estimate of drug-likeness (QED) is 0.312. The molecule has 3 nitrogen and oxygen atoms in total. The van der Waals surface area contributed by atoms with Crippen LogP contribution in [-0.2, 0) is 4.79 Å². The molecule has 1 amide bonds. The van der Waals surface area contributed by atoms with Crippen LogP contribution in [0.1, 0.15) is 97.3 Å². The van der Waals surface area contributed by atoms with Crippen LogP contribution >= 0.6 is 12.4 Å². The molecule has 140 valence electrons. The molecular formula is C19H41ClN2O. The standard InChI is InChI=1S/C19H40N2O.ClH/c1-5-7-8-9-10-11-12-13-14-15-16-17-19(22)20-18(6-2)21(3)4;/h18H,5-17H2,1-4H3,(H,20,22);1H. The van der Waals surface area contributed by atoms with Gasteiger partial charge < -0.3 is 5.32 Å². The van der Waals surface area contributed by atoms with Gasteiger partial charge in [0.15, 0.2) is 0 Å². The summed E-state index contributed by atoms with van der Waals surface area (Å²) in [4.78, 5) is 13.9. The number of rotatable bonds is 15. The molecule has 0 aliphatic heterocycles. The van der Waals surface area contributed by atoms with Gasteiger partial charge >= 0.3 is 0 Å². The van der Waals surface area contributed by atoms with E-state index in [0.29, 0.717) is 6.42 Å². The minimum absolute atomic E-state index is 0. The van der Waals surface area contributed by atoms with Crippen molar-refractivity contribution in [2.75, 3.05) is 14.1 Å². The SMILES string of the molecule is CCCCCCCCCCCCCC(=O)NC(CC)N(C)C.Cl.